The second kappa shape index (κ2) is 7.57. The van der Waals surface area contributed by atoms with Crippen LogP contribution < -0.4 is 0 Å². The monoisotopic (exact) mass is 343 g/mol. The van der Waals surface area contributed by atoms with Crippen LogP contribution in [0, 0.1) is 0 Å². The number of benzene rings is 1. The van der Waals surface area contributed by atoms with Crippen LogP contribution in [0.5, 0.6) is 0 Å². The number of aromatic nitrogens is 3. The van der Waals surface area contributed by atoms with E-state index in [1.807, 2.05) is 30.4 Å². The van der Waals surface area contributed by atoms with Crippen molar-refractivity contribution >= 4 is 22.7 Å². The highest BCUT2D eigenvalue weighted by Gasteiger charge is 2.14. The van der Waals surface area contributed by atoms with Crippen LogP contribution >= 0.6 is 11.6 Å². The van der Waals surface area contributed by atoms with Crippen molar-refractivity contribution in [2.75, 3.05) is 0 Å². The Morgan fingerprint density at radius 3 is 2.56 bits per heavy atom. The largest absolute Gasteiger partial charge is 0.208 e. The summed E-state index contributed by atoms with van der Waals surface area (Å²) in [5, 5.41) is 0.571. The van der Waals surface area contributed by atoms with Gasteiger partial charge < -0.3 is 0 Å². The molecule has 0 aliphatic heterocycles. The van der Waals surface area contributed by atoms with E-state index in [1.54, 1.807) is 30.4 Å². The van der Waals surface area contributed by atoms with Crippen LogP contribution in [0.2, 0.25) is 5.02 Å². The molecule has 120 valence electrons. The molecule has 1 aliphatic carbocycles. The highest BCUT2D eigenvalue weighted by molar-refractivity contribution is 6.33. The molecule has 1 heterocycles. The molecule has 0 atom stereocenters. The summed E-state index contributed by atoms with van der Waals surface area (Å²) in [7, 11) is 0. The van der Waals surface area contributed by atoms with E-state index in [1.165, 1.54) is 0 Å². The number of hydrogen-bond acceptors (Lipinski definition) is 3. The summed E-state index contributed by atoms with van der Waals surface area (Å²) in [6.45, 7) is 7.54. The second-order valence-corrected chi connectivity index (χ2v) is 5.46. The Kier molecular flexibility index (Phi) is 5.03. The van der Waals surface area contributed by atoms with Gasteiger partial charge in [-0.2, -0.15) is 0 Å². The predicted octanol–water partition coefficient (Wildman–Crippen LogP) is 5.21. The standard InChI is InChI=1S/C21H14ClN3/c1-3-10-15(4-2)19-23-20(16-11-6-5-7-12-16)25-21(24-19)17-13-8-9-14-18(17)22/h3-6,8-11,13-14H,1-2H2/b15-10+. The third-order valence-corrected chi connectivity index (χ3v) is 3.75. The van der Waals surface area contributed by atoms with Gasteiger partial charge in [0.1, 0.15) is 0 Å². The zero-order valence-corrected chi connectivity index (χ0v) is 14.2. The molecular weight excluding hydrogens is 330 g/mol. The molecule has 3 nitrogen and oxygen atoms in total. The maximum Gasteiger partial charge on any atom is 0.172 e. The summed E-state index contributed by atoms with van der Waals surface area (Å²) in [4.78, 5) is 13.7. The highest BCUT2D eigenvalue weighted by Crippen LogP contribution is 2.27. The Labute approximate surface area is 151 Å². The topological polar surface area (TPSA) is 38.7 Å². The Balaban J connectivity index is 2.27. The maximum atomic E-state index is 6.32. The van der Waals surface area contributed by atoms with E-state index < -0.39 is 0 Å². The Hall–Kier alpha value is -3.22. The van der Waals surface area contributed by atoms with Crippen molar-refractivity contribution in [1.29, 1.82) is 0 Å². The van der Waals surface area contributed by atoms with Crippen molar-refractivity contribution in [3.63, 3.8) is 0 Å². The Morgan fingerprint density at radius 2 is 1.88 bits per heavy atom. The van der Waals surface area contributed by atoms with Crippen molar-refractivity contribution in [3.05, 3.63) is 102 Å². The fourth-order valence-corrected chi connectivity index (χ4v) is 2.45. The predicted molar refractivity (Wildman–Crippen MR) is 103 cm³/mol. The van der Waals surface area contributed by atoms with Crippen LogP contribution in [0.3, 0.4) is 0 Å². The normalized spacial score (nSPS) is 12.8. The van der Waals surface area contributed by atoms with E-state index in [0.29, 0.717) is 22.5 Å². The Bertz CT molecular complexity index is 1020. The van der Waals surface area contributed by atoms with E-state index >= 15 is 0 Å². The number of rotatable bonds is 5. The zero-order chi connectivity index (χ0) is 17.6. The molecule has 0 bridgehead atoms. The van der Waals surface area contributed by atoms with Gasteiger partial charge in [-0.1, -0.05) is 72.7 Å². The molecule has 2 aromatic rings. The molecule has 0 unspecified atom stereocenters. The summed E-state index contributed by atoms with van der Waals surface area (Å²) in [5.74, 6) is 1.47. The van der Waals surface area contributed by atoms with Crippen LogP contribution in [0.4, 0.5) is 0 Å². The quantitative estimate of drug-likeness (QED) is 0.552. The third-order valence-electron chi connectivity index (χ3n) is 3.42. The van der Waals surface area contributed by atoms with Gasteiger partial charge in [0.15, 0.2) is 17.5 Å². The van der Waals surface area contributed by atoms with Crippen molar-refractivity contribution in [2.45, 2.75) is 0 Å². The average molecular weight is 344 g/mol. The first kappa shape index (κ1) is 16.6. The lowest BCUT2D eigenvalue weighted by Crippen LogP contribution is -2.04. The van der Waals surface area contributed by atoms with Gasteiger partial charge in [-0.05, 0) is 24.3 Å². The van der Waals surface area contributed by atoms with Crippen LogP contribution in [0.15, 0.2) is 85.3 Å². The SMILES string of the molecule is C=C/C=C(\C=C)c1nc(C2=C=C=CC=C2)nc(-c2ccccc2Cl)n1. The average Bonchev–Trinajstić information content (AvgIpc) is 2.67. The van der Waals surface area contributed by atoms with Crippen molar-refractivity contribution < 1.29 is 0 Å². The van der Waals surface area contributed by atoms with Gasteiger partial charge in [0, 0.05) is 11.1 Å². The van der Waals surface area contributed by atoms with Gasteiger partial charge in [-0.15, -0.1) is 0 Å². The molecule has 3 rings (SSSR count). The van der Waals surface area contributed by atoms with Crippen LogP contribution in [-0.4, -0.2) is 15.0 Å². The molecule has 0 amide bonds. The van der Waals surface area contributed by atoms with E-state index in [4.69, 9.17) is 11.6 Å². The smallest absolute Gasteiger partial charge is 0.172 e. The number of nitrogens with zero attached hydrogens (tertiary/aromatic N) is 3. The molecule has 0 N–H and O–H groups in total. The molecular formula is C21H14ClN3. The first-order valence-corrected chi connectivity index (χ1v) is 7.96. The van der Waals surface area contributed by atoms with Crippen molar-refractivity contribution in [1.82, 2.24) is 15.0 Å². The lowest BCUT2D eigenvalue weighted by molar-refractivity contribution is 1.00. The molecule has 0 saturated heterocycles. The van der Waals surface area contributed by atoms with Gasteiger partial charge >= 0.3 is 0 Å². The van der Waals surface area contributed by atoms with E-state index in [-0.39, 0.29) is 0 Å². The van der Waals surface area contributed by atoms with Crippen molar-refractivity contribution in [2.24, 2.45) is 0 Å². The summed E-state index contributed by atoms with van der Waals surface area (Å²) in [6, 6.07) is 7.43. The maximum absolute atomic E-state index is 6.32. The second-order valence-electron chi connectivity index (χ2n) is 5.06. The van der Waals surface area contributed by atoms with Crippen LogP contribution in [0.25, 0.3) is 22.5 Å². The van der Waals surface area contributed by atoms with Gasteiger partial charge in [-0.3, -0.25) is 0 Å². The first-order valence-electron chi connectivity index (χ1n) is 7.58. The molecule has 1 aliphatic rings. The molecule has 4 heteroatoms. The lowest BCUT2D eigenvalue weighted by Gasteiger charge is -2.09. The van der Waals surface area contributed by atoms with E-state index in [0.717, 1.165) is 16.7 Å². The Morgan fingerprint density at radius 1 is 1.08 bits per heavy atom. The minimum Gasteiger partial charge on any atom is -0.208 e. The summed E-state index contributed by atoms with van der Waals surface area (Å²) in [6.07, 6.45) is 10.6. The molecule has 0 fully saturated rings. The van der Waals surface area contributed by atoms with E-state index in [9.17, 15) is 0 Å². The number of hydrogen-bond donors (Lipinski definition) is 0. The molecule has 0 spiro atoms. The molecule has 25 heavy (non-hydrogen) atoms. The van der Waals surface area contributed by atoms with Gasteiger partial charge in [-0.25, -0.2) is 15.0 Å². The molecule has 1 aromatic carbocycles. The van der Waals surface area contributed by atoms with Gasteiger partial charge in [0.05, 0.1) is 10.6 Å². The minimum absolute atomic E-state index is 0.486. The first-order chi connectivity index (χ1) is 12.2. The number of allylic oxidation sites excluding steroid dienone is 8. The van der Waals surface area contributed by atoms with Crippen LogP contribution in [-0.2, 0) is 0 Å². The zero-order valence-electron chi connectivity index (χ0n) is 13.4. The highest BCUT2D eigenvalue weighted by atomic mass is 35.5. The molecule has 1 aromatic heterocycles. The molecule has 0 radical (unpaired) electrons. The summed E-state index contributed by atoms with van der Waals surface area (Å²) >= 11 is 6.32. The number of halogens is 1. The van der Waals surface area contributed by atoms with Gasteiger partial charge in [0.2, 0.25) is 0 Å². The molecule has 0 saturated carbocycles. The van der Waals surface area contributed by atoms with E-state index in [2.05, 4.69) is 39.6 Å². The minimum atomic E-state index is 0.486. The fraction of sp³-hybridized carbons (Fsp3) is 0. The van der Waals surface area contributed by atoms with Crippen LogP contribution in [0.1, 0.15) is 11.6 Å². The van der Waals surface area contributed by atoms with Crippen molar-refractivity contribution in [3.8, 4) is 11.4 Å². The van der Waals surface area contributed by atoms with Gasteiger partial charge in [0.25, 0.3) is 0 Å². The third kappa shape index (κ3) is 3.65. The summed E-state index contributed by atoms with van der Waals surface area (Å²) < 4.78 is 0. The fourth-order valence-electron chi connectivity index (χ4n) is 2.23. The lowest BCUT2D eigenvalue weighted by atomic mass is 10.1. The summed E-state index contributed by atoms with van der Waals surface area (Å²) in [5.41, 5.74) is 8.13.